The summed E-state index contributed by atoms with van der Waals surface area (Å²) in [5.74, 6) is -3.05. The maximum atomic E-state index is 12.8. The van der Waals surface area contributed by atoms with Crippen molar-refractivity contribution < 1.29 is 36.2 Å². The largest absolute Gasteiger partial charge is 0.573 e. The minimum absolute atomic E-state index is 0.211. The van der Waals surface area contributed by atoms with E-state index in [0.717, 1.165) is 13.2 Å². The first kappa shape index (κ1) is 16.4. The van der Waals surface area contributed by atoms with E-state index in [9.17, 15) is 26.7 Å². The van der Waals surface area contributed by atoms with Crippen molar-refractivity contribution in [1.29, 1.82) is 0 Å². The van der Waals surface area contributed by atoms with Crippen molar-refractivity contribution in [2.24, 2.45) is 0 Å². The van der Waals surface area contributed by atoms with Crippen LogP contribution >= 0.6 is 11.6 Å². The van der Waals surface area contributed by atoms with Crippen molar-refractivity contribution in [3.05, 3.63) is 23.0 Å². The van der Waals surface area contributed by atoms with Crippen LogP contribution in [0.3, 0.4) is 0 Å². The first-order valence-electron chi connectivity index (χ1n) is 4.91. The van der Waals surface area contributed by atoms with Crippen molar-refractivity contribution >= 4 is 17.6 Å². The van der Waals surface area contributed by atoms with Crippen molar-refractivity contribution in [3.63, 3.8) is 0 Å². The van der Waals surface area contributed by atoms with Gasteiger partial charge in [0.2, 0.25) is 0 Å². The topological polar surface area (TPSA) is 48.4 Å². The molecule has 0 aliphatic rings. The number of hydrogen-bond acceptors (Lipinski definition) is 4. The molecule has 1 heterocycles. The van der Waals surface area contributed by atoms with Gasteiger partial charge in [0, 0.05) is 0 Å². The smallest absolute Gasteiger partial charge is 0.465 e. The zero-order valence-electron chi connectivity index (χ0n) is 9.80. The first-order valence-corrected chi connectivity index (χ1v) is 5.45. The number of esters is 1. The Labute approximate surface area is 114 Å². The van der Waals surface area contributed by atoms with Gasteiger partial charge >= 0.3 is 12.3 Å². The maximum absolute atomic E-state index is 12.8. The zero-order valence-corrected chi connectivity index (χ0v) is 10.6. The van der Waals surface area contributed by atoms with Crippen LogP contribution in [-0.2, 0) is 10.6 Å². The molecule has 0 unspecified atom stereocenters. The summed E-state index contributed by atoms with van der Waals surface area (Å²) in [5, 5.41) is 0. The lowest BCUT2D eigenvalue weighted by Gasteiger charge is -2.16. The van der Waals surface area contributed by atoms with Crippen LogP contribution in [0.15, 0.2) is 6.07 Å². The number of nitrogens with zero attached hydrogens (tertiary/aromatic N) is 1. The fourth-order valence-corrected chi connectivity index (χ4v) is 1.45. The summed E-state index contributed by atoms with van der Waals surface area (Å²) in [6.45, 7) is 0. The van der Waals surface area contributed by atoms with Gasteiger partial charge in [-0.2, -0.15) is 0 Å². The second-order valence-corrected chi connectivity index (χ2v) is 3.62. The van der Waals surface area contributed by atoms with E-state index in [2.05, 4.69) is 14.5 Å². The SMILES string of the molecule is COC(=O)c1cc(CCl)nc(C(F)F)c1OC(F)(F)F. The predicted octanol–water partition coefficient (Wildman–Crippen LogP) is 3.44. The number of rotatable bonds is 4. The normalized spacial score (nSPS) is 11.6. The molecule has 0 fully saturated rings. The van der Waals surface area contributed by atoms with Gasteiger partial charge in [0.05, 0.1) is 18.7 Å². The van der Waals surface area contributed by atoms with Gasteiger partial charge in [0.25, 0.3) is 6.43 Å². The maximum Gasteiger partial charge on any atom is 0.573 e. The van der Waals surface area contributed by atoms with Crippen LogP contribution in [0.5, 0.6) is 5.75 Å². The third-order valence-corrected chi connectivity index (χ3v) is 2.29. The van der Waals surface area contributed by atoms with E-state index in [1.54, 1.807) is 0 Å². The Morgan fingerprint density at radius 3 is 2.45 bits per heavy atom. The summed E-state index contributed by atoms with van der Waals surface area (Å²) in [5.41, 5.74) is -2.37. The molecule has 10 heteroatoms. The van der Waals surface area contributed by atoms with Gasteiger partial charge in [-0.3, -0.25) is 0 Å². The molecular formula is C10H7ClF5NO3. The Hall–Kier alpha value is -1.64. The molecule has 0 atom stereocenters. The first-order chi connectivity index (χ1) is 9.19. The molecule has 20 heavy (non-hydrogen) atoms. The van der Waals surface area contributed by atoms with Crippen LogP contribution in [0.4, 0.5) is 22.0 Å². The van der Waals surface area contributed by atoms with E-state index in [1.807, 2.05) is 0 Å². The number of halogens is 6. The quantitative estimate of drug-likeness (QED) is 0.484. The molecule has 1 aromatic rings. The van der Waals surface area contributed by atoms with Crippen molar-refractivity contribution in [1.82, 2.24) is 4.98 Å². The molecule has 0 amide bonds. The third-order valence-electron chi connectivity index (χ3n) is 2.02. The van der Waals surface area contributed by atoms with E-state index >= 15 is 0 Å². The summed E-state index contributed by atoms with van der Waals surface area (Å²) >= 11 is 5.39. The van der Waals surface area contributed by atoms with Crippen molar-refractivity contribution in [3.8, 4) is 5.75 Å². The summed E-state index contributed by atoms with van der Waals surface area (Å²) in [7, 11) is 0.878. The van der Waals surface area contributed by atoms with Gasteiger partial charge in [-0.15, -0.1) is 24.8 Å². The van der Waals surface area contributed by atoms with Gasteiger partial charge in [-0.1, -0.05) is 0 Å². The van der Waals surface area contributed by atoms with Crippen LogP contribution in [0.25, 0.3) is 0 Å². The fraction of sp³-hybridized carbons (Fsp3) is 0.400. The molecule has 1 aromatic heterocycles. The number of methoxy groups -OCH3 is 1. The molecule has 0 bridgehead atoms. The number of carbonyl (C=O) groups is 1. The fourth-order valence-electron chi connectivity index (χ4n) is 1.31. The lowest BCUT2D eigenvalue weighted by atomic mass is 10.1. The van der Waals surface area contributed by atoms with Gasteiger partial charge in [-0.25, -0.2) is 18.6 Å². The van der Waals surface area contributed by atoms with Crippen molar-refractivity contribution in [2.75, 3.05) is 7.11 Å². The standard InChI is InChI=1S/C10H7ClF5NO3/c1-19-9(18)5-2-4(3-11)17-6(8(12)13)7(5)20-10(14,15)16/h2,8H,3H2,1H3. The van der Waals surface area contributed by atoms with Gasteiger partial charge < -0.3 is 9.47 Å². The van der Waals surface area contributed by atoms with E-state index in [0.29, 0.717) is 0 Å². The van der Waals surface area contributed by atoms with E-state index in [4.69, 9.17) is 11.6 Å². The number of ether oxygens (including phenoxy) is 2. The number of pyridine rings is 1. The highest BCUT2D eigenvalue weighted by Gasteiger charge is 2.37. The average molecular weight is 320 g/mol. The van der Waals surface area contributed by atoms with E-state index in [-0.39, 0.29) is 11.6 Å². The van der Waals surface area contributed by atoms with Crippen LogP contribution in [0, 0.1) is 0 Å². The van der Waals surface area contributed by atoms with Crippen LogP contribution in [0.1, 0.15) is 28.2 Å². The number of alkyl halides is 6. The molecule has 0 radical (unpaired) electrons. The monoisotopic (exact) mass is 319 g/mol. The molecular weight excluding hydrogens is 313 g/mol. The summed E-state index contributed by atoms with van der Waals surface area (Å²) < 4.78 is 69.9. The number of hydrogen-bond donors (Lipinski definition) is 0. The molecule has 4 nitrogen and oxygen atoms in total. The summed E-state index contributed by atoms with van der Waals surface area (Å²) in [4.78, 5) is 14.6. The van der Waals surface area contributed by atoms with Crippen molar-refractivity contribution in [2.45, 2.75) is 18.7 Å². The number of aromatic nitrogens is 1. The highest BCUT2D eigenvalue weighted by molar-refractivity contribution is 6.17. The molecule has 1 rings (SSSR count). The molecule has 0 aliphatic carbocycles. The van der Waals surface area contributed by atoms with Gasteiger partial charge in [0.1, 0.15) is 11.3 Å². The minimum atomic E-state index is -5.27. The summed E-state index contributed by atoms with van der Waals surface area (Å²) in [6, 6.07) is 0.797. The molecule has 0 N–H and O–H groups in total. The highest BCUT2D eigenvalue weighted by Crippen LogP contribution is 2.35. The van der Waals surface area contributed by atoms with Gasteiger partial charge in [-0.05, 0) is 6.07 Å². The second-order valence-electron chi connectivity index (χ2n) is 3.35. The molecule has 0 saturated carbocycles. The van der Waals surface area contributed by atoms with E-state index in [1.165, 1.54) is 0 Å². The Morgan fingerprint density at radius 1 is 1.45 bits per heavy atom. The van der Waals surface area contributed by atoms with E-state index < -0.39 is 35.8 Å². The molecule has 112 valence electrons. The zero-order chi connectivity index (χ0) is 15.5. The van der Waals surface area contributed by atoms with Gasteiger partial charge in [0.15, 0.2) is 5.75 Å². The molecule has 0 aliphatic heterocycles. The minimum Gasteiger partial charge on any atom is -0.465 e. The predicted molar refractivity (Wildman–Crippen MR) is 56.8 cm³/mol. The van der Waals surface area contributed by atoms with Crippen LogP contribution < -0.4 is 4.74 Å². The summed E-state index contributed by atoms with van der Waals surface area (Å²) in [6.07, 6.45) is -8.66. The highest BCUT2D eigenvalue weighted by atomic mass is 35.5. The Kier molecular flexibility index (Phi) is 5.09. The lowest BCUT2D eigenvalue weighted by Crippen LogP contribution is -2.21. The van der Waals surface area contributed by atoms with Crippen LogP contribution in [-0.4, -0.2) is 24.4 Å². The lowest BCUT2D eigenvalue weighted by molar-refractivity contribution is -0.275. The molecule has 0 aromatic carbocycles. The number of carbonyl (C=O) groups excluding carboxylic acids is 1. The average Bonchev–Trinajstić information content (AvgIpc) is 2.35. The second kappa shape index (κ2) is 6.21. The molecule has 0 spiro atoms. The Morgan fingerprint density at radius 2 is 2.05 bits per heavy atom. The molecule has 0 saturated heterocycles. The Balaban J connectivity index is 3.51. The van der Waals surface area contributed by atoms with Crippen LogP contribution in [0.2, 0.25) is 0 Å². The third kappa shape index (κ3) is 3.92. The Bertz CT molecular complexity index is 506.